The largest absolute Gasteiger partial charge is 0.465 e. The van der Waals surface area contributed by atoms with E-state index in [4.69, 9.17) is 5.11 Å². The maximum absolute atomic E-state index is 12.9. The maximum Gasteiger partial charge on any atom is 0.404 e. The number of carboxylic acid groups (broad SMARTS) is 1. The molecule has 1 unspecified atom stereocenters. The van der Waals surface area contributed by atoms with Crippen LogP contribution >= 0.6 is 23.1 Å². The van der Waals surface area contributed by atoms with Gasteiger partial charge in [-0.25, -0.2) is 13.2 Å². The molecule has 3 heterocycles. The van der Waals surface area contributed by atoms with Crippen LogP contribution in [0.5, 0.6) is 0 Å². The smallest absolute Gasteiger partial charge is 0.404 e. The Balaban J connectivity index is 1.57. The molecule has 1 aromatic carbocycles. The van der Waals surface area contributed by atoms with E-state index < -0.39 is 16.1 Å². The molecule has 8 nitrogen and oxygen atoms in total. The summed E-state index contributed by atoms with van der Waals surface area (Å²) in [5.74, 6) is 0. The zero-order chi connectivity index (χ0) is 21.3. The lowest BCUT2D eigenvalue weighted by Crippen LogP contribution is -2.26. The number of carbonyl (C=O) groups is 1. The number of aliphatic imine (C=N–C) groups is 1. The Morgan fingerprint density at radius 3 is 2.93 bits per heavy atom. The van der Waals surface area contributed by atoms with Gasteiger partial charge in [-0.15, -0.1) is 11.3 Å². The first kappa shape index (κ1) is 20.8. The minimum Gasteiger partial charge on any atom is -0.465 e. The van der Waals surface area contributed by atoms with Gasteiger partial charge in [0.2, 0.25) is 0 Å². The van der Waals surface area contributed by atoms with Crippen molar-refractivity contribution in [1.29, 1.82) is 0 Å². The van der Waals surface area contributed by atoms with Gasteiger partial charge in [0, 0.05) is 24.2 Å². The predicted octanol–water partition coefficient (Wildman–Crippen LogP) is 3.57. The Hall–Kier alpha value is -2.50. The predicted molar refractivity (Wildman–Crippen MR) is 122 cm³/mol. The van der Waals surface area contributed by atoms with Crippen LogP contribution in [-0.4, -0.2) is 55.0 Å². The minimum absolute atomic E-state index is 0.208. The average molecular weight is 465 g/mol. The third kappa shape index (κ3) is 4.05. The number of aromatic nitrogens is 1. The van der Waals surface area contributed by atoms with Crippen LogP contribution < -0.4 is 9.62 Å². The van der Waals surface area contributed by atoms with Crippen LogP contribution in [0.3, 0.4) is 0 Å². The number of H-pyrrole nitrogens is 1. The fourth-order valence-electron chi connectivity index (χ4n) is 3.25. The van der Waals surface area contributed by atoms with Gasteiger partial charge >= 0.3 is 6.09 Å². The summed E-state index contributed by atoms with van der Waals surface area (Å²) in [6, 6.07) is 10.8. The number of sulfonamides is 1. The van der Waals surface area contributed by atoms with Crippen LogP contribution in [0.2, 0.25) is 0 Å². The van der Waals surface area contributed by atoms with Gasteiger partial charge in [0.15, 0.2) is 0 Å². The number of benzene rings is 1. The van der Waals surface area contributed by atoms with Gasteiger partial charge in [0.05, 0.1) is 23.4 Å². The van der Waals surface area contributed by atoms with Crippen molar-refractivity contribution >= 4 is 60.8 Å². The van der Waals surface area contributed by atoms with E-state index in [1.54, 1.807) is 42.4 Å². The van der Waals surface area contributed by atoms with E-state index in [-0.39, 0.29) is 5.25 Å². The Morgan fingerprint density at radius 2 is 2.20 bits per heavy atom. The minimum atomic E-state index is -3.63. The lowest BCUT2D eigenvalue weighted by Gasteiger charge is -2.19. The first-order valence-electron chi connectivity index (χ1n) is 9.18. The van der Waals surface area contributed by atoms with Gasteiger partial charge < -0.3 is 15.4 Å². The summed E-state index contributed by atoms with van der Waals surface area (Å²) in [5, 5.41) is 14.8. The molecular formula is C19H20N4O4S3. The SMILES string of the molecule is CN(c1cccc2cc(C3=NCC(CCNC(=O)O)S3)[nH]c12)S(=O)(=O)c1cccs1. The molecule has 3 aromatic rings. The lowest BCUT2D eigenvalue weighted by atomic mass is 10.2. The van der Waals surface area contributed by atoms with Crippen molar-refractivity contribution < 1.29 is 18.3 Å². The summed E-state index contributed by atoms with van der Waals surface area (Å²) in [7, 11) is -2.08. The molecule has 0 radical (unpaired) electrons. The highest BCUT2D eigenvalue weighted by molar-refractivity contribution is 8.15. The van der Waals surface area contributed by atoms with Gasteiger partial charge in [-0.05, 0) is 30.0 Å². The Morgan fingerprint density at radius 1 is 1.37 bits per heavy atom. The van der Waals surface area contributed by atoms with Crippen molar-refractivity contribution in [2.75, 3.05) is 24.4 Å². The van der Waals surface area contributed by atoms with Gasteiger partial charge in [-0.1, -0.05) is 30.0 Å². The number of aromatic amines is 1. The van der Waals surface area contributed by atoms with E-state index in [9.17, 15) is 13.2 Å². The second kappa shape index (κ2) is 8.32. The number of nitrogens with one attached hydrogen (secondary N) is 2. The number of anilines is 1. The molecule has 30 heavy (non-hydrogen) atoms. The van der Waals surface area contributed by atoms with E-state index in [1.165, 1.54) is 15.6 Å². The molecule has 1 aliphatic heterocycles. The molecule has 1 aliphatic rings. The van der Waals surface area contributed by atoms with E-state index in [0.29, 0.717) is 29.4 Å². The first-order chi connectivity index (χ1) is 14.4. The van der Waals surface area contributed by atoms with Gasteiger partial charge in [0.1, 0.15) is 9.25 Å². The summed E-state index contributed by atoms with van der Waals surface area (Å²) < 4.78 is 27.5. The zero-order valence-corrected chi connectivity index (χ0v) is 18.5. The highest BCUT2D eigenvalue weighted by Crippen LogP contribution is 2.34. The van der Waals surface area contributed by atoms with Gasteiger partial charge in [-0.3, -0.25) is 9.30 Å². The molecule has 0 aliphatic carbocycles. The van der Waals surface area contributed by atoms with Crippen LogP contribution in [0, 0.1) is 0 Å². The zero-order valence-electron chi connectivity index (χ0n) is 16.0. The van der Waals surface area contributed by atoms with E-state index in [1.807, 2.05) is 18.2 Å². The quantitative estimate of drug-likeness (QED) is 0.494. The first-order valence-corrected chi connectivity index (χ1v) is 12.4. The second-order valence-electron chi connectivity index (χ2n) is 6.74. The fraction of sp³-hybridized carbons (Fsp3) is 0.263. The molecule has 1 atom stereocenters. The Bertz CT molecular complexity index is 1200. The van der Waals surface area contributed by atoms with E-state index >= 15 is 0 Å². The number of nitrogens with zero attached hydrogens (tertiary/aromatic N) is 2. The van der Waals surface area contributed by atoms with Crippen LogP contribution in [0.25, 0.3) is 10.9 Å². The number of thiophene rings is 1. The van der Waals surface area contributed by atoms with E-state index in [2.05, 4.69) is 15.3 Å². The standard InChI is InChI=1S/C19H20N4O4S3/c1-23(30(26,27)16-6-3-9-28-16)15-5-2-4-12-10-14(22-17(12)15)18-21-11-13(29-18)7-8-20-19(24)25/h2-6,9-10,13,20,22H,7-8,11H2,1H3,(H,24,25). The molecule has 0 spiro atoms. The molecular weight excluding hydrogens is 444 g/mol. The molecule has 3 N–H and O–H groups in total. The molecule has 4 rings (SSSR count). The topological polar surface area (TPSA) is 115 Å². The van der Waals surface area contributed by atoms with Crippen molar-refractivity contribution in [3.63, 3.8) is 0 Å². The molecule has 0 saturated carbocycles. The van der Waals surface area contributed by atoms with Crippen LogP contribution in [0.15, 0.2) is 51.0 Å². The molecule has 0 fully saturated rings. The second-order valence-corrected chi connectivity index (χ2v) is 11.2. The summed E-state index contributed by atoms with van der Waals surface area (Å²) in [6.07, 6.45) is -0.332. The number of hydrogen-bond acceptors (Lipinski definition) is 6. The van der Waals surface area contributed by atoms with Crippen molar-refractivity contribution in [2.24, 2.45) is 4.99 Å². The van der Waals surface area contributed by atoms with Gasteiger partial charge in [-0.2, -0.15) is 0 Å². The number of hydrogen-bond donors (Lipinski definition) is 3. The van der Waals surface area contributed by atoms with Crippen LogP contribution in [0.1, 0.15) is 12.1 Å². The van der Waals surface area contributed by atoms with Gasteiger partial charge in [0.25, 0.3) is 10.0 Å². The highest BCUT2D eigenvalue weighted by atomic mass is 32.2. The molecule has 0 saturated heterocycles. The monoisotopic (exact) mass is 464 g/mol. The highest BCUT2D eigenvalue weighted by Gasteiger charge is 2.26. The van der Waals surface area contributed by atoms with Crippen LogP contribution in [-0.2, 0) is 10.0 Å². The fourth-order valence-corrected chi connectivity index (χ4v) is 6.70. The van der Waals surface area contributed by atoms with Crippen molar-refractivity contribution in [3.8, 4) is 0 Å². The summed E-state index contributed by atoms with van der Waals surface area (Å²) >= 11 is 2.79. The molecule has 0 bridgehead atoms. The number of thioether (sulfide) groups is 1. The Kier molecular flexibility index (Phi) is 5.76. The van der Waals surface area contributed by atoms with E-state index in [0.717, 1.165) is 21.6 Å². The molecule has 11 heteroatoms. The summed E-state index contributed by atoms with van der Waals surface area (Å²) in [5.41, 5.74) is 2.13. The molecule has 2 aromatic heterocycles. The third-order valence-corrected chi connectivity index (χ3v) is 9.21. The van der Waals surface area contributed by atoms with Crippen LogP contribution in [0.4, 0.5) is 10.5 Å². The van der Waals surface area contributed by atoms with Crippen molar-refractivity contribution in [3.05, 3.63) is 47.5 Å². The normalized spacial score (nSPS) is 16.6. The average Bonchev–Trinajstić information content (AvgIpc) is 3.46. The third-order valence-electron chi connectivity index (χ3n) is 4.77. The molecule has 158 valence electrons. The molecule has 1 amide bonds. The number of fused-ring (bicyclic) bond motifs is 1. The summed E-state index contributed by atoms with van der Waals surface area (Å²) in [4.78, 5) is 18.5. The lowest BCUT2D eigenvalue weighted by molar-refractivity contribution is 0.194. The maximum atomic E-state index is 12.9. The Labute approximate surface area is 182 Å². The number of amides is 1. The number of para-hydroxylation sites is 1. The van der Waals surface area contributed by atoms with Crippen molar-refractivity contribution in [2.45, 2.75) is 15.9 Å². The summed E-state index contributed by atoms with van der Waals surface area (Å²) in [6.45, 7) is 1.01. The number of rotatable bonds is 7. The van der Waals surface area contributed by atoms with Crippen molar-refractivity contribution in [1.82, 2.24) is 10.3 Å².